The summed E-state index contributed by atoms with van der Waals surface area (Å²) in [4.78, 5) is 17.0. The smallest absolute Gasteiger partial charge is 0.230 e. The minimum absolute atomic E-state index is 0.183. The largest absolute Gasteiger partial charge is 0.383 e. The Morgan fingerprint density at radius 3 is 2.75 bits per heavy atom. The van der Waals surface area contributed by atoms with Gasteiger partial charge in [0.15, 0.2) is 0 Å². The van der Waals surface area contributed by atoms with Crippen LogP contribution in [0, 0.1) is 11.2 Å². The molecule has 1 amide bonds. The maximum atomic E-state index is 12.9. The van der Waals surface area contributed by atoms with Gasteiger partial charge in [0, 0.05) is 33.3 Å². The number of hydrogen-bond donors (Lipinski definition) is 0. The molecule has 130 valence electrons. The lowest BCUT2D eigenvalue weighted by Gasteiger charge is -2.23. The zero-order chi connectivity index (χ0) is 17.0. The van der Waals surface area contributed by atoms with E-state index in [4.69, 9.17) is 4.74 Å². The molecule has 0 aliphatic carbocycles. The Morgan fingerprint density at radius 2 is 2.00 bits per heavy atom. The van der Waals surface area contributed by atoms with Gasteiger partial charge in [0.2, 0.25) is 5.91 Å². The summed E-state index contributed by atoms with van der Waals surface area (Å²) in [5.41, 5.74) is 0.810. The molecule has 2 aliphatic rings. The lowest BCUT2D eigenvalue weighted by Crippen LogP contribution is -2.38. The summed E-state index contributed by atoms with van der Waals surface area (Å²) in [6, 6.07) is 6.48. The molecule has 1 aromatic carbocycles. The van der Waals surface area contributed by atoms with Crippen LogP contribution in [0.1, 0.15) is 18.4 Å². The summed E-state index contributed by atoms with van der Waals surface area (Å²) in [5, 5.41) is 0. The summed E-state index contributed by atoms with van der Waals surface area (Å²) in [5.74, 6) is 0.0796. The molecule has 24 heavy (non-hydrogen) atoms. The van der Waals surface area contributed by atoms with E-state index in [0.29, 0.717) is 19.1 Å². The number of likely N-dealkylation sites (tertiary alicyclic amines) is 2. The molecule has 3 rings (SSSR count). The minimum Gasteiger partial charge on any atom is -0.383 e. The first-order valence-corrected chi connectivity index (χ1v) is 8.56. The van der Waals surface area contributed by atoms with Crippen LogP contribution >= 0.6 is 0 Å². The van der Waals surface area contributed by atoms with Gasteiger partial charge in [0.25, 0.3) is 0 Å². The molecule has 1 aromatic rings. The van der Waals surface area contributed by atoms with Gasteiger partial charge in [0.1, 0.15) is 5.82 Å². The van der Waals surface area contributed by atoms with Crippen molar-refractivity contribution in [3.05, 3.63) is 41.7 Å². The van der Waals surface area contributed by atoms with Gasteiger partial charge in [-0.05, 0) is 37.1 Å². The van der Waals surface area contributed by atoms with Crippen LogP contribution in [0.15, 0.2) is 30.3 Å². The van der Waals surface area contributed by atoms with Crippen LogP contribution in [0.5, 0.6) is 0 Å². The monoisotopic (exact) mass is 332 g/mol. The van der Waals surface area contributed by atoms with Gasteiger partial charge < -0.3 is 9.64 Å². The SMILES string of the molecule is COCCN1CCC2(CCN(C/C=C/c3ccc(F)cc3)C2)C1=O. The highest BCUT2D eigenvalue weighted by molar-refractivity contribution is 5.85. The van der Waals surface area contributed by atoms with Crippen LogP contribution in [0.3, 0.4) is 0 Å². The third kappa shape index (κ3) is 3.68. The number of methoxy groups -OCH3 is 1. The van der Waals surface area contributed by atoms with E-state index >= 15 is 0 Å². The molecule has 0 bridgehead atoms. The zero-order valence-corrected chi connectivity index (χ0v) is 14.2. The Bertz CT molecular complexity index is 602. The Labute approximate surface area is 142 Å². The van der Waals surface area contributed by atoms with Crippen LogP contribution in [-0.2, 0) is 9.53 Å². The number of carbonyl (C=O) groups excluding carboxylic acids is 1. The maximum Gasteiger partial charge on any atom is 0.230 e. The van der Waals surface area contributed by atoms with Gasteiger partial charge in [-0.3, -0.25) is 9.69 Å². The summed E-state index contributed by atoms with van der Waals surface area (Å²) in [7, 11) is 1.67. The molecule has 1 unspecified atom stereocenters. The zero-order valence-electron chi connectivity index (χ0n) is 14.2. The standard InChI is InChI=1S/C19H25FN2O2/c1-24-14-13-22-12-9-19(18(22)23)8-11-21(15-19)10-2-3-16-4-6-17(20)7-5-16/h2-7H,8-15H2,1H3/b3-2+. The molecular formula is C19H25FN2O2. The number of halogens is 1. The van der Waals surface area contributed by atoms with E-state index in [0.717, 1.165) is 44.6 Å². The van der Waals surface area contributed by atoms with E-state index in [1.165, 1.54) is 12.1 Å². The van der Waals surface area contributed by atoms with Gasteiger partial charge in [-0.2, -0.15) is 0 Å². The fourth-order valence-electron chi connectivity index (χ4n) is 3.71. The summed E-state index contributed by atoms with van der Waals surface area (Å²) < 4.78 is 18.0. The average molecular weight is 332 g/mol. The Balaban J connectivity index is 1.52. The highest BCUT2D eigenvalue weighted by Gasteiger charge is 2.50. The molecule has 1 spiro atoms. The van der Waals surface area contributed by atoms with Crippen molar-refractivity contribution in [3.8, 4) is 0 Å². The average Bonchev–Trinajstić information content (AvgIpc) is 3.13. The van der Waals surface area contributed by atoms with Crippen LogP contribution in [-0.4, -0.2) is 62.1 Å². The van der Waals surface area contributed by atoms with Crippen molar-refractivity contribution < 1.29 is 13.9 Å². The van der Waals surface area contributed by atoms with E-state index in [1.807, 2.05) is 11.0 Å². The third-order valence-corrected chi connectivity index (χ3v) is 5.14. The topological polar surface area (TPSA) is 32.8 Å². The first-order chi connectivity index (χ1) is 11.6. The van der Waals surface area contributed by atoms with Crippen LogP contribution < -0.4 is 0 Å². The molecule has 4 nitrogen and oxygen atoms in total. The first-order valence-electron chi connectivity index (χ1n) is 8.56. The van der Waals surface area contributed by atoms with Crippen LogP contribution in [0.4, 0.5) is 4.39 Å². The number of hydrogen-bond acceptors (Lipinski definition) is 3. The fraction of sp³-hybridized carbons (Fsp3) is 0.526. The quantitative estimate of drug-likeness (QED) is 0.802. The van der Waals surface area contributed by atoms with Crippen molar-refractivity contribution in [2.45, 2.75) is 12.8 Å². The lowest BCUT2D eigenvalue weighted by molar-refractivity contribution is -0.136. The predicted octanol–water partition coefficient (Wildman–Crippen LogP) is 2.41. The van der Waals surface area contributed by atoms with Gasteiger partial charge in [-0.1, -0.05) is 24.3 Å². The lowest BCUT2D eigenvalue weighted by atomic mass is 9.85. The van der Waals surface area contributed by atoms with Crippen molar-refractivity contribution in [3.63, 3.8) is 0 Å². The van der Waals surface area contributed by atoms with Crippen LogP contribution in [0.25, 0.3) is 6.08 Å². The molecule has 2 heterocycles. The van der Waals surface area contributed by atoms with Gasteiger partial charge >= 0.3 is 0 Å². The van der Waals surface area contributed by atoms with E-state index in [1.54, 1.807) is 19.2 Å². The van der Waals surface area contributed by atoms with Gasteiger partial charge in [0.05, 0.1) is 12.0 Å². The molecule has 0 aromatic heterocycles. The third-order valence-electron chi connectivity index (χ3n) is 5.14. The highest BCUT2D eigenvalue weighted by atomic mass is 19.1. The summed E-state index contributed by atoms with van der Waals surface area (Å²) >= 11 is 0. The van der Waals surface area contributed by atoms with Gasteiger partial charge in [-0.15, -0.1) is 0 Å². The molecule has 5 heteroatoms. The number of ether oxygens (including phenoxy) is 1. The highest BCUT2D eigenvalue weighted by Crippen LogP contribution is 2.40. The number of rotatable bonds is 6. The van der Waals surface area contributed by atoms with Crippen molar-refractivity contribution in [1.29, 1.82) is 0 Å². The van der Waals surface area contributed by atoms with E-state index in [-0.39, 0.29) is 11.2 Å². The molecule has 0 radical (unpaired) electrons. The molecule has 2 saturated heterocycles. The maximum absolute atomic E-state index is 12.9. The molecule has 1 atom stereocenters. The van der Waals surface area contributed by atoms with Crippen molar-refractivity contribution in [2.75, 3.05) is 46.4 Å². The molecule has 0 saturated carbocycles. The number of amides is 1. The Hall–Kier alpha value is -1.72. The second-order valence-electron chi connectivity index (χ2n) is 6.75. The van der Waals surface area contributed by atoms with Crippen LogP contribution in [0.2, 0.25) is 0 Å². The fourth-order valence-corrected chi connectivity index (χ4v) is 3.71. The van der Waals surface area contributed by atoms with E-state index in [2.05, 4.69) is 11.0 Å². The molecule has 2 aliphatic heterocycles. The summed E-state index contributed by atoms with van der Waals surface area (Å²) in [6.45, 7) is 4.76. The van der Waals surface area contributed by atoms with Crippen molar-refractivity contribution >= 4 is 12.0 Å². The van der Waals surface area contributed by atoms with E-state index in [9.17, 15) is 9.18 Å². The van der Waals surface area contributed by atoms with Crippen molar-refractivity contribution in [1.82, 2.24) is 9.80 Å². The molecule has 2 fully saturated rings. The number of carbonyl (C=O) groups is 1. The first kappa shape index (κ1) is 17.1. The Morgan fingerprint density at radius 1 is 1.25 bits per heavy atom. The number of nitrogens with zero attached hydrogens (tertiary/aromatic N) is 2. The predicted molar refractivity (Wildman–Crippen MR) is 92.0 cm³/mol. The summed E-state index contributed by atoms with van der Waals surface area (Å²) in [6.07, 6.45) is 5.99. The second kappa shape index (κ2) is 7.45. The molecular weight excluding hydrogens is 307 g/mol. The van der Waals surface area contributed by atoms with Crippen molar-refractivity contribution in [2.24, 2.45) is 5.41 Å². The Kier molecular flexibility index (Phi) is 5.31. The van der Waals surface area contributed by atoms with Gasteiger partial charge in [-0.25, -0.2) is 4.39 Å². The second-order valence-corrected chi connectivity index (χ2v) is 6.75. The number of benzene rings is 1. The normalized spacial score (nSPS) is 24.8. The minimum atomic E-state index is -0.216. The molecule has 0 N–H and O–H groups in total. The van der Waals surface area contributed by atoms with E-state index < -0.39 is 0 Å².